The largest absolute Gasteiger partial charge is 0.326 e. The SMILES string of the molecule is CC(=O)Nc1ccc(NS(C)(=O)=O)c(C(=O)Nc2cccc(-c3nnc4n3CCCCC4)c2)c1. The second-order valence-corrected chi connectivity index (χ2v) is 10.0. The van der Waals surface area contributed by atoms with Crippen molar-refractivity contribution in [3.05, 3.63) is 53.9 Å². The minimum absolute atomic E-state index is 0.0680. The van der Waals surface area contributed by atoms with Gasteiger partial charge in [0.1, 0.15) is 5.82 Å². The maximum atomic E-state index is 13.1. The standard InChI is InChI=1S/C23H26N6O4S/c1-15(30)24-18-10-11-20(28-34(2,32)33)19(14-18)23(31)25-17-8-6-7-16(13-17)22-27-26-21-9-4-3-5-12-29(21)22/h6-8,10-11,13-14,28H,3-5,9,12H2,1-2H3,(H,24,30)(H,25,31). The molecule has 3 N–H and O–H groups in total. The molecule has 0 aliphatic carbocycles. The van der Waals surface area contributed by atoms with Crippen LogP contribution in [0.25, 0.3) is 11.4 Å². The van der Waals surface area contributed by atoms with Gasteiger partial charge in [-0.1, -0.05) is 18.6 Å². The molecule has 0 bridgehead atoms. The van der Waals surface area contributed by atoms with Crippen molar-refractivity contribution in [2.24, 2.45) is 0 Å². The lowest BCUT2D eigenvalue weighted by molar-refractivity contribution is -0.114. The van der Waals surface area contributed by atoms with Crippen molar-refractivity contribution in [2.45, 2.75) is 39.2 Å². The Balaban J connectivity index is 1.63. The highest BCUT2D eigenvalue weighted by molar-refractivity contribution is 7.92. The molecule has 0 atom stereocenters. The topological polar surface area (TPSA) is 135 Å². The Morgan fingerprint density at radius 2 is 1.76 bits per heavy atom. The lowest BCUT2D eigenvalue weighted by Gasteiger charge is -2.14. The van der Waals surface area contributed by atoms with Gasteiger partial charge in [0, 0.05) is 36.8 Å². The van der Waals surface area contributed by atoms with Crippen LogP contribution in [0.15, 0.2) is 42.5 Å². The van der Waals surface area contributed by atoms with Gasteiger partial charge in [0.25, 0.3) is 5.91 Å². The molecule has 2 heterocycles. The van der Waals surface area contributed by atoms with Gasteiger partial charge < -0.3 is 15.2 Å². The van der Waals surface area contributed by atoms with E-state index in [4.69, 9.17) is 0 Å². The third kappa shape index (κ3) is 5.60. The Hall–Kier alpha value is -3.73. The zero-order valence-corrected chi connectivity index (χ0v) is 19.8. The fourth-order valence-electron chi connectivity index (χ4n) is 3.93. The number of fused-ring (bicyclic) bond motifs is 1. The van der Waals surface area contributed by atoms with E-state index in [0.717, 1.165) is 55.7 Å². The molecule has 4 rings (SSSR count). The Kier molecular flexibility index (Phi) is 6.64. The van der Waals surface area contributed by atoms with E-state index < -0.39 is 15.9 Å². The molecule has 2 aromatic carbocycles. The summed E-state index contributed by atoms with van der Waals surface area (Å²) in [5.74, 6) is 0.874. The number of hydrogen-bond acceptors (Lipinski definition) is 6. The number of amides is 2. The number of aryl methyl sites for hydroxylation is 1. The highest BCUT2D eigenvalue weighted by Gasteiger charge is 2.18. The number of anilines is 3. The van der Waals surface area contributed by atoms with E-state index in [1.54, 1.807) is 12.1 Å². The lowest BCUT2D eigenvalue weighted by Crippen LogP contribution is -2.18. The van der Waals surface area contributed by atoms with Crippen LogP contribution < -0.4 is 15.4 Å². The van der Waals surface area contributed by atoms with Crippen LogP contribution in [0.5, 0.6) is 0 Å². The first kappa shape index (κ1) is 23.4. The van der Waals surface area contributed by atoms with Crippen LogP contribution in [-0.4, -0.2) is 41.3 Å². The van der Waals surface area contributed by atoms with E-state index in [-0.39, 0.29) is 17.2 Å². The van der Waals surface area contributed by atoms with Gasteiger partial charge in [-0.3, -0.25) is 14.3 Å². The second-order valence-electron chi connectivity index (χ2n) is 8.25. The Bertz CT molecular complexity index is 1350. The molecule has 0 radical (unpaired) electrons. The van der Waals surface area contributed by atoms with Crippen LogP contribution >= 0.6 is 0 Å². The highest BCUT2D eigenvalue weighted by Crippen LogP contribution is 2.27. The van der Waals surface area contributed by atoms with Gasteiger partial charge in [-0.2, -0.15) is 0 Å². The van der Waals surface area contributed by atoms with E-state index >= 15 is 0 Å². The van der Waals surface area contributed by atoms with Crippen LogP contribution in [0.3, 0.4) is 0 Å². The van der Waals surface area contributed by atoms with Crippen LogP contribution in [0.2, 0.25) is 0 Å². The molecule has 0 saturated carbocycles. The van der Waals surface area contributed by atoms with Gasteiger partial charge in [0.2, 0.25) is 15.9 Å². The molecule has 1 aromatic heterocycles. The lowest BCUT2D eigenvalue weighted by atomic mass is 10.1. The summed E-state index contributed by atoms with van der Waals surface area (Å²) in [6.45, 7) is 2.20. The van der Waals surface area contributed by atoms with E-state index in [0.29, 0.717) is 11.4 Å². The van der Waals surface area contributed by atoms with E-state index in [1.165, 1.54) is 25.1 Å². The Morgan fingerprint density at radius 3 is 2.53 bits per heavy atom. The molecule has 11 heteroatoms. The number of sulfonamides is 1. The summed E-state index contributed by atoms with van der Waals surface area (Å²) in [5, 5.41) is 14.1. The number of carbonyl (C=O) groups is 2. The van der Waals surface area contributed by atoms with Crippen molar-refractivity contribution in [3.63, 3.8) is 0 Å². The predicted octanol–water partition coefficient (Wildman–Crippen LogP) is 3.25. The average Bonchev–Trinajstić information content (AvgIpc) is 3.02. The average molecular weight is 483 g/mol. The van der Waals surface area contributed by atoms with Crippen LogP contribution in [0.1, 0.15) is 42.4 Å². The van der Waals surface area contributed by atoms with Crippen LogP contribution in [0.4, 0.5) is 17.1 Å². The minimum atomic E-state index is -3.63. The fraction of sp³-hybridized carbons (Fsp3) is 0.304. The summed E-state index contributed by atoms with van der Waals surface area (Å²) in [4.78, 5) is 24.6. The summed E-state index contributed by atoms with van der Waals surface area (Å²) >= 11 is 0. The molecular weight excluding hydrogens is 456 g/mol. The third-order valence-corrected chi connectivity index (χ3v) is 5.96. The third-order valence-electron chi connectivity index (χ3n) is 5.37. The fourth-order valence-corrected chi connectivity index (χ4v) is 4.51. The smallest absolute Gasteiger partial charge is 0.257 e. The number of aromatic nitrogens is 3. The summed E-state index contributed by atoms with van der Waals surface area (Å²) in [5.41, 5.74) is 1.88. The van der Waals surface area contributed by atoms with Crippen molar-refractivity contribution in [1.29, 1.82) is 0 Å². The van der Waals surface area contributed by atoms with E-state index in [1.807, 2.05) is 12.1 Å². The quantitative estimate of drug-likeness (QED) is 0.494. The summed E-state index contributed by atoms with van der Waals surface area (Å²) in [7, 11) is -3.63. The molecule has 34 heavy (non-hydrogen) atoms. The van der Waals surface area contributed by atoms with Crippen molar-refractivity contribution >= 4 is 38.9 Å². The predicted molar refractivity (Wildman–Crippen MR) is 130 cm³/mol. The molecular formula is C23H26N6O4S. The number of hydrogen-bond donors (Lipinski definition) is 3. The van der Waals surface area contributed by atoms with Gasteiger partial charge >= 0.3 is 0 Å². The number of nitrogens with zero attached hydrogens (tertiary/aromatic N) is 3. The van der Waals surface area contributed by atoms with Crippen molar-refractivity contribution in [3.8, 4) is 11.4 Å². The van der Waals surface area contributed by atoms with Crippen molar-refractivity contribution in [2.75, 3.05) is 21.6 Å². The normalized spacial score (nSPS) is 13.5. The molecule has 0 fully saturated rings. The molecule has 1 aliphatic heterocycles. The summed E-state index contributed by atoms with van der Waals surface area (Å²) < 4.78 is 28.0. The van der Waals surface area contributed by atoms with Crippen LogP contribution in [-0.2, 0) is 27.8 Å². The zero-order valence-electron chi connectivity index (χ0n) is 19.0. The first-order valence-corrected chi connectivity index (χ1v) is 12.8. The number of benzene rings is 2. The van der Waals surface area contributed by atoms with Crippen LogP contribution in [0, 0.1) is 0 Å². The maximum Gasteiger partial charge on any atom is 0.257 e. The van der Waals surface area contributed by atoms with Crippen molar-refractivity contribution in [1.82, 2.24) is 14.8 Å². The molecule has 0 spiro atoms. The van der Waals surface area contributed by atoms with Gasteiger partial charge in [0.15, 0.2) is 5.82 Å². The summed E-state index contributed by atoms with van der Waals surface area (Å²) in [6.07, 6.45) is 5.21. The van der Waals surface area contributed by atoms with Gasteiger partial charge in [-0.25, -0.2) is 8.42 Å². The monoisotopic (exact) mass is 482 g/mol. The summed E-state index contributed by atoms with van der Waals surface area (Å²) in [6, 6.07) is 11.6. The molecule has 2 amide bonds. The van der Waals surface area contributed by atoms with Crippen molar-refractivity contribution < 1.29 is 18.0 Å². The number of nitrogens with one attached hydrogen (secondary N) is 3. The first-order valence-electron chi connectivity index (χ1n) is 10.9. The molecule has 1 aliphatic rings. The maximum absolute atomic E-state index is 13.1. The molecule has 0 saturated heterocycles. The molecule has 178 valence electrons. The Labute approximate surface area is 197 Å². The first-order chi connectivity index (χ1) is 16.2. The zero-order chi connectivity index (χ0) is 24.3. The number of carbonyl (C=O) groups excluding carboxylic acids is 2. The molecule has 3 aromatic rings. The minimum Gasteiger partial charge on any atom is -0.326 e. The van der Waals surface area contributed by atoms with E-state index in [2.05, 4.69) is 30.1 Å². The van der Waals surface area contributed by atoms with E-state index in [9.17, 15) is 18.0 Å². The highest BCUT2D eigenvalue weighted by atomic mass is 32.2. The molecule has 10 nitrogen and oxygen atoms in total. The van der Waals surface area contributed by atoms with Gasteiger partial charge in [-0.15, -0.1) is 10.2 Å². The molecule has 0 unspecified atom stereocenters. The van der Waals surface area contributed by atoms with Gasteiger partial charge in [-0.05, 0) is 43.2 Å². The second kappa shape index (κ2) is 9.64. The number of rotatable bonds is 6. The Morgan fingerprint density at radius 1 is 0.971 bits per heavy atom. The van der Waals surface area contributed by atoms with Gasteiger partial charge in [0.05, 0.1) is 17.5 Å².